The molecule has 0 heterocycles. The normalized spacial score (nSPS) is 19.4. The van der Waals surface area contributed by atoms with Crippen LogP contribution in [0.15, 0.2) is 34.8 Å². The van der Waals surface area contributed by atoms with Crippen LogP contribution >= 0.6 is 23.2 Å². The van der Waals surface area contributed by atoms with Gasteiger partial charge in [-0.2, -0.15) is 0 Å². The summed E-state index contributed by atoms with van der Waals surface area (Å²) in [6.45, 7) is 3.45. The van der Waals surface area contributed by atoms with Gasteiger partial charge in [0.2, 0.25) is 5.82 Å². The summed E-state index contributed by atoms with van der Waals surface area (Å²) in [6, 6.07) is 5.23. The predicted octanol–water partition coefficient (Wildman–Crippen LogP) is 6.68. The van der Waals surface area contributed by atoms with Crippen LogP contribution in [0, 0.1) is 46.3 Å². The number of esters is 1. The lowest BCUT2D eigenvalue weighted by Crippen LogP contribution is -2.10. The number of allylic oxidation sites excluding steroid dienone is 1. The lowest BCUT2D eigenvalue weighted by atomic mass is 10.0. The van der Waals surface area contributed by atoms with Crippen LogP contribution in [0.3, 0.4) is 0 Å². The van der Waals surface area contributed by atoms with Crippen molar-refractivity contribution in [2.45, 2.75) is 20.5 Å². The van der Waals surface area contributed by atoms with Gasteiger partial charge in [-0.25, -0.2) is 22.0 Å². The molecular formula is C21H15Cl2F5O2. The van der Waals surface area contributed by atoms with Gasteiger partial charge < -0.3 is 4.74 Å². The van der Waals surface area contributed by atoms with Crippen LogP contribution in [0.1, 0.15) is 19.4 Å². The van der Waals surface area contributed by atoms with E-state index in [1.54, 1.807) is 6.08 Å². The lowest BCUT2D eigenvalue weighted by molar-refractivity contribution is -0.147. The topological polar surface area (TPSA) is 26.3 Å². The summed E-state index contributed by atoms with van der Waals surface area (Å²) in [5.74, 6) is -11.4. The average Bonchev–Trinajstić information content (AvgIpc) is 3.22. The van der Waals surface area contributed by atoms with E-state index < -0.39 is 52.0 Å². The number of carbonyl (C=O) groups excluding carboxylic acids is 1. The van der Waals surface area contributed by atoms with Gasteiger partial charge in [0.15, 0.2) is 23.3 Å². The fraction of sp³-hybridized carbons (Fsp3) is 0.286. The van der Waals surface area contributed by atoms with E-state index in [1.807, 2.05) is 13.8 Å². The molecule has 1 aliphatic rings. The number of hydrogen-bond acceptors (Lipinski definition) is 2. The molecule has 2 aromatic rings. The van der Waals surface area contributed by atoms with E-state index in [9.17, 15) is 26.7 Å². The van der Waals surface area contributed by atoms with Crippen molar-refractivity contribution in [3.05, 3.63) is 69.5 Å². The molecule has 0 saturated heterocycles. The van der Waals surface area contributed by atoms with Crippen LogP contribution in [0.4, 0.5) is 22.0 Å². The molecule has 30 heavy (non-hydrogen) atoms. The Morgan fingerprint density at radius 3 is 2.17 bits per heavy atom. The van der Waals surface area contributed by atoms with Gasteiger partial charge in [-0.3, -0.25) is 4.79 Å². The number of hydrogen-bond donors (Lipinski definition) is 0. The lowest BCUT2D eigenvalue weighted by Gasteiger charge is -2.11. The van der Waals surface area contributed by atoms with Crippen molar-refractivity contribution in [1.82, 2.24) is 0 Å². The number of halogens is 7. The van der Waals surface area contributed by atoms with Crippen molar-refractivity contribution in [3.8, 4) is 11.1 Å². The smallest absolute Gasteiger partial charge is 0.310 e. The van der Waals surface area contributed by atoms with Crippen LogP contribution in [-0.2, 0) is 16.1 Å². The first kappa shape index (κ1) is 22.6. The SMILES string of the molecule is CC1(C)[C@H](C=C(Cl)Cl)[C@@H]1C(=O)OCc1cccc(-c2c(F)c(F)c(F)c(F)c2F)c1. The molecule has 1 fully saturated rings. The first-order valence-electron chi connectivity index (χ1n) is 8.77. The molecule has 1 saturated carbocycles. The van der Waals surface area contributed by atoms with Gasteiger partial charge in [-0.1, -0.05) is 55.2 Å². The molecule has 3 rings (SSSR count). The fourth-order valence-corrected chi connectivity index (χ4v) is 3.77. The Kier molecular flexibility index (Phi) is 6.16. The number of rotatable bonds is 5. The molecule has 2 atom stereocenters. The van der Waals surface area contributed by atoms with Gasteiger partial charge in [0.1, 0.15) is 11.1 Å². The third-order valence-corrected chi connectivity index (χ3v) is 5.53. The van der Waals surface area contributed by atoms with E-state index >= 15 is 0 Å². The maximum absolute atomic E-state index is 14.0. The highest BCUT2D eigenvalue weighted by atomic mass is 35.5. The summed E-state index contributed by atoms with van der Waals surface area (Å²) in [5, 5.41) is 0. The summed E-state index contributed by atoms with van der Waals surface area (Å²) >= 11 is 11.3. The summed E-state index contributed by atoms with van der Waals surface area (Å²) < 4.78 is 73.6. The summed E-state index contributed by atoms with van der Waals surface area (Å²) in [4.78, 5) is 12.4. The number of carbonyl (C=O) groups is 1. The second-order valence-corrected chi connectivity index (χ2v) is 8.54. The van der Waals surface area contributed by atoms with Crippen molar-refractivity contribution in [2.75, 3.05) is 0 Å². The minimum absolute atomic E-state index is 0.0406. The molecule has 160 valence electrons. The number of ether oxygens (including phenoxy) is 1. The van der Waals surface area contributed by atoms with E-state index in [1.165, 1.54) is 24.3 Å². The third-order valence-electron chi connectivity index (χ3n) is 5.28. The van der Waals surface area contributed by atoms with E-state index in [0.29, 0.717) is 5.56 Å². The minimum Gasteiger partial charge on any atom is -0.461 e. The van der Waals surface area contributed by atoms with E-state index in [2.05, 4.69) is 0 Å². The van der Waals surface area contributed by atoms with Gasteiger partial charge in [0, 0.05) is 0 Å². The van der Waals surface area contributed by atoms with Crippen LogP contribution in [0.2, 0.25) is 0 Å². The van der Waals surface area contributed by atoms with Crippen molar-refractivity contribution in [1.29, 1.82) is 0 Å². The van der Waals surface area contributed by atoms with Gasteiger partial charge in [-0.15, -0.1) is 0 Å². The van der Waals surface area contributed by atoms with Gasteiger partial charge in [-0.05, 0) is 34.6 Å². The zero-order valence-corrected chi connectivity index (χ0v) is 17.2. The Morgan fingerprint density at radius 1 is 1.03 bits per heavy atom. The Bertz CT molecular complexity index is 1020. The largest absolute Gasteiger partial charge is 0.461 e. The molecule has 0 N–H and O–H groups in total. The van der Waals surface area contributed by atoms with Crippen molar-refractivity contribution in [2.24, 2.45) is 17.3 Å². The Hall–Kier alpha value is -2.12. The van der Waals surface area contributed by atoms with E-state index in [-0.39, 0.29) is 22.6 Å². The second-order valence-electron chi connectivity index (χ2n) is 7.53. The molecular weight excluding hydrogens is 450 g/mol. The Morgan fingerprint density at radius 2 is 1.60 bits per heavy atom. The molecule has 0 aliphatic heterocycles. The van der Waals surface area contributed by atoms with Gasteiger partial charge in [0.05, 0.1) is 11.5 Å². The standard InChI is InChI=1S/C21H15Cl2F5O2/c1-21(2)11(7-12(22)23)14(21)20(29)30-8-9-4-3-5-10(6-9)13-15(24)17(26)19(28)18(27)16(13)25/h3-7,11,14H,8H2,1-2H3/t11-,14-/m1/s1. The van der Waals surface area contributed by atoms with E-state index in [4.69, 9.17) is 27.9 Å². The quantitative estimate of drug-likeness (QED) is 0.213. The van der Waals surface area contributed by atoms with Crippen LogP contribution < -0.4 is 0 Å². The third kappa shape index (κ3) is 4.05. The highest BCUT2D eigenvalue weighted by Crippen LogP contribution is 2.60. The summed E-state index contributed by atoms with van der Waals surface area (Å²) in [5.41, 5.74) is -1.38. The monoisotopic (exact) mass is 464 g/mol. The highest BCUT2D eigenvalue weighted by molar-refractivity contribution is 6.55. The molecule has 1 aliphatic carbocycles. The maximum Gasteiger partial charge on any atom is 0.310 e. The molecule has 0 spiro atoms. The fourth-order valence-electron chi connectivity index (χ4n) is 3.49. The summed E-state index contributed by atoms with van der Waals surface area (Å²) in [7, 11) is 0. The van der Waals surface area contributed by atoms with Crippen LogP contribution in [-0.4, -0.2) is 5.97 Å². The van der Waals surface area contributed by atoms with Gasteiger partial charge in [0.25, 0.3) is 0 Å². The summed E-state index contributed by atoms with van der Waals surface area (Å²) in [6.07, 6.45) is 1.55. The van der Waals surface area contributed by atoms with Crippen LogP contribution in [0.25, 0.3) is 11.1 Å². The minimum atomic E-state index is -2.23. The first-order valence-corrected chi connectivity index (χ1v) is 9.52. The average molecular weight is 465 g/mol. The van der Waals surface area contributed by atoms with Crippen LogP contribution in [0.5, 0.6) is 0 Å². The molecule has 2 nitrogen and oxygen atoms in total. The predicted molar refractivity (Wildman–Crippen MR) is 102 cm³/mol. The zero-order valence-electron chi connectivity index (χ0n) is 15.7. The zero-order chi connectivity index (χ0) is 22.4. The molecule has 0 unspecified atom stereocenters. The molecule has 0 aromatic heterocycles. The maximum atomic E-state index is 14.0. The molecule has 9 heteroatoms. The Labute approximate surface area is 179 Å². The Balaban J connectivity index is 1.80. The number of benzene rings is 2. The highest BCUT2D eigenvalue weighted by Gasteiger charge is 2.61. The molecule has 0 amide bonds. The second kappa shape index (κ2) is 8.19. The van der Waals surface area contributed by atoms with E-state index in [0.717, 1.165) is 0 Å². The molecule has 2 aromatic carbocycles. The first-order chi connectivity index (χ1) is 14.0. The van der Waals surface area contributed by atoms with Crippen molar-refractivity contribution < 1.29 is 31.5 Å². The molecule has 0 radical (unpaired) electrons. The van der Waals surface area contributed by atoms with Crippen molar-refractivity contribution >= 4 is 29.2 Å². The molecule has 0 bridgehead atoms. The van der Waals surface area contributed by atoms with Crippen molar-refractivity contribution in [3.63, 3.8) is 0 Å². The van der Waals surface area contributed by atoms with Gasteiger partial charge >= 0.3 is 5.97 Å².